The maximum atomic E-state index is 12.4. The number of hydrogen-bond acceptors (Lipinski definition) is 5. The second-order valence-corrected chi connectivity index (χ2v) is 7.66. The van der Waals surface area contributed by atoms with Gasteiger partial charge >= 0.3 is 0 Å². The molecule has 1 N–H and O–H groups in total. The molecule has 1 fully saturated rings. The van der Waals surface area contributed by atoms with Crippen molar-refractivity contribution in [1.29, 1.82) is 0 Å². The van der Waals surface area contributed by atoms with Gasteiger partial charge in [0, 0.05) is 18.7 Å². The van der Waals surface area contributed by atoms with Gasteiger partial charge in [-0.2, -0.15) is 0 Å². The van der Waals surface area contributed by atoms with Crippen LogP contribution >= 0.6 is 0 Å². The molecular weight excluding hydrogens is 368 g/mol. The molecule has 0 radical (unpaired) electrons. The topological polar surface area (TPSA) is 60.0 Å². The summed E-state index contributed by atoms with van der Waals surface area (Å²) in [6.45, 7) is 3.90. The fourth-order valence-corrected chi connectivity index (χ4v) is 4.01. The zero-order valence-electron chi connectivity index (χ0n) is 16.9. The van der Waals surface area contributed by atoms with Crippen LogP contribution in [0.2, 0.25) is 0 Å². The molecule has 1 amide bonds. The zero-order chi connectivity index (χ0) is 20.1. The Morgan fingerprint density at radius 2 is 1.97 bits per heavy atom. The molecule has 6 nitrogen and oxygen atoms in total. The van der Waals surface area contributed by atoms with Gasteiger partial charge in [0.2, 0.25) is 6.79 Å². The van der Waals surface area contributed by atoms with E-state index in [1.54, 1.807) is 25.3 Å². The summed E-state index contributed by atoms with van der Waals surface area (Å²) < 4.78 is 15.9. The van der Waals surface area contributed by atoms with E-state index in [-0.39, 0.29) is 12.7 Å². The molecule has 0 saturated carbocycles. The molecular formula is C23H28N2O4. The lowest BCUT2D eigenvalue weighted by Crippen LogP contribution is -2.39. The van der Waals surface area contributed by atoms with E-state index in [1.165, 1.54) is 18.4 Å². The number of benzene rings is 2. The molecule has 0 bridgehead atoms. The van der Waals surface area contributed by atoms with Crippen LogP contribution in [0.3, 0.4) is 0 Å². The summed E-state index contributed by atoms with van der Waals surface area (Å²) in [5.74, 6) is 2.89. The standard InChI is InChI=1S/C23H28N2O4/c1-27-20-4-2-3-18(14-20)13-17-7-10-25(11-8-17)12-9-24-23(26)19-5-6-21-22(15-19)29-16-28-21/h2-6,14-15,17H,7-13,16H2,1H3,(H,24,26). The summed E-state index contributed by atoms with van der Waals surface area (Å²) in [7, 11) is 1.71. The van der Waals surface area contributed by atoms with Crippen molar-refractivity contribution in [3.05, 3.63) is 53.6 Å². The summed E-state index contributed by atoms with van der Waals surface area (Å²) in [6.07, 6.45) is 3.48. The molecule has 2 aromatic rings. The van der Waals surface area contributed by atoms with E-state index in [0.717, 1.165) is 31.8 Å². The molecule has 1 saturated heterocycles. The molecule has 0 atom stereocenters. The van der Waals surface area contributed by atoms with Gasteiger partial charge in [-0.05, 0) is 74.2 Å². The number of piperidine rings is 1. The third-order valence-electron chi connectivity index (χ3n) is 5.71. The smallest absolute Gasteiger partial charge is 0.251 e. The number of fused-ring (bicyclic) bond motifs is 1. The highest BCUT2D eigenvalue weighted by molar-refractivity contribution is 5.94. The molecule has 4 rings (SSSR count). The van der Waals surface area contributed by atoms with Crippen LogP contribution in [0.4, 0.5) is 0 Å². The Kier molecular flexibility index (Phi) is 6.20. The molecule has 2 aromatic carbocycles. The molecule has 0 unspecified atom stereocenters. The van der Waals surface area contributed by atoms with Crippen molar-refractivity contribution in [3.63, 3.8) is 0 Å². The lowest BCUT2D eigenvalue weighted by Gasteiger charge is -2.32. The number of methoxy groups -OCH3 is 1. The predicted molar refractivity (Wildman–Crippen MR) is 111 cm³/mol. The van der Waals surface area contributed by atoms with Crippen molar-refractivity contribution in [2.75, 3.05) is 40.1 Å². The molecule has 29 heavy (non-hydrogen) atoms. The second kappa shape index (κ2) is 9.18. The Bertz CT molecular complexity index is 847. The Balaban J connectivity index is 1.18. The number of hydrogen-bond donors (Lipinski definition) is 1. The molecule has 2 aliphatic heterocycles. The van der Waals surface area contributed by atoms with Crippen LogP contribution in [-0.4, -0.2) is 50.9 Å². The normalized spacial score (nSPS) is 16.6. The summed E-state index contributed by atoms with van der Waals surface area (Å²) in [4.78, 5) is 14.8. The minimum atomic E-state index is -0.0730. The van der Waals surface area contributed by atoms with Gasteiger partial charge in [0.15, 0.2) is 11.5 Å². The average Bonchev–Trinajstić information content (AvgIpc) is 3.23. The van der Waals surface area contributed by atoms with Crippen LogP contribution in [0.5, 0.6) is 17.2 Å². The molecule has 6 heteroatoms. The van der Waals surface area contributed by atoms with E-state index in [1.807, 2.05) is 6.07 Å². The van der Waals surface area contributed by atoms with E-state index in [9.17, 15) is 4.79 Å². The quantitative estimate of drug-likeness (QED) is 0.779. The maximum Gasteiger partial charge on any atom is 0.251 e. The molecule has 154 valence electrons. The highest BCUT2D eigenvalue weighted by atomic mass is 16.7. The summed E-state index contributed by atoms with van der Waals surface area (Å²) in [5, 5.41) is 3.01. The van der Waals surface area contributed by atoms with Gasteiger partial charge in [-0.15, -0.1) is 0 Å². The fraction of sp³-hybridized carbons (Fsp3) is 0.435. The van der Waals surface area contributed by atoms with Gasteiger partial charge in [-0.25, -0.2) is 0 Å². The monoisotopic (exact) mass is 396 g/mol. The van der Waals surface area contributed by atoms with E-state index in [2.05, 4.69) is 28.4 Å². The fourth-order valence-electron chi connectivity index (χ4n) is 4.01. The number of rotatable bonds is 7. The SMILES string of the molecule is COc1cccc(CC2CCN(CCNC(=O)c3ccc4c(c3)OCO4)CC2)c1. The molecule has 0 aliphatic carbocycles. The van der Waals surface area contributed by atoms with Gasteiger partial charge in [-0.3, -0.25) is 4.79 Å². The molecule has 0 spiro atoms. The van der Waals surface area contributed by atoms with Gasteiger partial charge in [0.05, 0.1) is 7.11 Å². The van der Waals surface area contributed by atoms with Gasteiger partial charge in [0.1, 0.15) is 5.75 Å². The largest absolute Gasteiger partial charge is 0.497 e. The van der Waals surface area contributed by atoms with Gasteiger partial charge < -0.3 is 24.4 Å². The van der Waals surface area contributed by atoms with E-state index < -0.39 is 0 Å². The first kappa shape index (κ1) is 19.6. The first-order chi connectivity index (χ1) is 14.2. The van der Waals surface area contributed by atoms with Crippen molar-refractivity contribution < 1.29 is 19.0 Å². The minimum absolute atomic E-state index is 0.0730. The van der Waals surface area contributed by atoms with E-state index in [4.69, 9.17) is 14.2 Å². The predicted octanol–water partition coefficient (Wildman–Crippen LogP) is 3.11. The third kappa shape index (κ3) is 5.01. The number of likely N-dealkylation sites (tertiary alicyclic amines) is 1. The van der Waals surface area contributed by atoms with Crippen LogP contribution in [0.15, 0.2) is 42.5 Å². The zero-order valence-corrected chi connectivity index (χ0v) is 16.9. The Labute approximate surface area is 171 Å². The number of carbonyl (C=O) groups is 1. The maximum absolute atomic E-state index is 12.4. The molecule has 2 aliphatic rings. The Morgan fingerprint density at radius 1 is 1.14 bits per heavy atom. The highest BCUT2D eigenvalue weighted by Gasteiger charge is 2.20. The van der Waals surface area contributed by atoms with Crippen LogP contribution in [0.1, 0.15) is 28.8 Å². The highest BCUT2D eigenvalue weighted by Crippen LogP contribution is 2.32. The van der Waals surface area contributed by atoms with Crippen LogP contribution in [0.25, 0.3) is 0 Å². The van der Waals surface area contributed by atoms with Crippen LogP contribution < -0.4 is 19.5 Å². The van der Waals surface area contributed by atoms with Crippen LogP contribution in [0, 0.1) is 5.92 Å². The number of amides is 1. The van der Waals surface area contributed by atoms with E-state index >= 15 is 0 Å². The number of ether oxygens (including phenoxy) is 3. The molecule has 2 heterocycles. The Morgan fingerprint density at radius 3 is 2.79 bits per heavy atom. The second-order valence-electron chi connectivity index (χ2n) is 7.66. The first-order valence-corrected chi connectivity index (χ1v) is 10.2. The summed E-state index contributed by atoms with van der Waals surface area (Å²) >= 11 is 0. The van der Waals surface area contributed by atoms with Crippen molar-refractivity contribution in [2.45, 2.75) is 19.3 Å². The summed E-state index contributed by atoms with van der Waals surface area (Å²) in [5.41, 5.74) is 1.95. The average molecular weight is 396 g/mol. The third-order valence-corrected chi connectivity index (χ3v) is 5.71. The lowest BCUT2D eigenvalue weighted by atomic mass is 9.90. The minimum Gasteiger partial charge on any atom is -0.497 e. The van der Waals surface area contributed by atoms with Gasteiger partial charge in [-0.1, -0.05) is 12.1 Å². The van der Waals surface area contributed by atoms with Gasteiger partial charge in [0.25, 0.3) is 5.91 Å². The van der Waals surface area contributed by atoms with Crippen molar-refractivity contribution in [2.24, 2.45) is 5.92 Å². The van der Waals surface area contributed by atoms with E-state index in [0.29, 0.717) is 29.5 Å². The molecule has 0 aromatic heterocycles. The number of carbonyl (C=O) groups excluding carboxylic acids is 1. The first-order valence-electron chi connectivity index (χ1n) is 10.2. The lowest BCUT2D eigenvalue weighted by molar-refractivity contribution is 0.0943. The van der Waals surface area contributed by atoms with Crippen molar-refractivity contribution in [1.82, 2.24) is 10.2 Å². The van der Waals surface area contributed by atoms with Crippen LogP contribution in [-0.2, 0) is 6.42 Å². The number of nitrogens with zero attached hydrogens (tertiary/aromatic N) is 1. The van der Waals surface area contributed by atoms with Crippen molar-refractivity contribution >= 4 is 5.91 Å². The van der Waals surface area contributed by atoms with Crippen molar-refractivity contribution in [3.8, 4) is 17.2 Å². The summed E-state index contributed by atoms with van der Waals surface area (Å²) in [6, 6.07) is 13.7. The Hall–Kier alpha value is -2.73. The number of nitrogens with one attached hydrogen (secondary N) is 1.